The van der Waals surface area contributed by atoms with E-state index in [2.05, 4.69) is 4.74 Å². The molecule has 0 saturated carbocycles. The van der Waals surface area contributed by atoms with E-state index >= 15 is 0 Å². The maximum atomic E-state index is 14.0. The number of carbonyl (C=O) groups excluding carboxylic acids is 2. The topological polar surface area (TPSA) is 52.6 Å². The number of Topliss-reactive ketones (excluding diaryl/α,β-unsaturated/α-hetero) is 1. The molecular weight excluding hydrogens is 506 g/mol. The van der Waals surface area contributed by atoms with E-state index in [4.69, 9.17) is 4.74 Å². The van der Waals surface area contributed by atoms with Crippen LogP contribution in [0.4, 0.5) is 43.9 Å². The average Bonchev–Trinajstić information content (AvgIpc) is 2.77. The zero-order valence-corrected chi connectivity index (χ0v) is 18.1. The molecule has 0 bridgehead atoms. The summed E-state index contributed by atoms with van der Waals surface area (Å²) in [4.78, 5) is 24.6. The summed E-state index contributed by atoms with van der Waals surface area (Å²) in [6.45, 7) is 2.79. The van der Waals surface area contributed by atoms with Crippen LogP contribution in [0, 0.1) is 58.2 Å². The Bertz CT molecular complexity index is 1170. The van der Waals surface area contributed by atoms with Gasteiger partial charge in [0.2, 0.25) is 11.6 Å². The molecule has 0 aliphatic rings. The van der Waals surface area contributed by atoms with Crippen LogP contribution in [-0.4, -0.2) is 29.6 Å². The number of ether oxygens (including phenoxy) is 2. The van der Waals surface area contributed by atoms with E-state index in [1.807, 2.05) is 0 Å². The van der Waals surface area contributed by atoms with E-state index in [-0.39, 0.29) is 0 Å². The highest BCUT2D eigenvalue weighted by Crippen LogP contribution is 2.29. The zero-order valence-electron chi connectivity index (χ0n) is 18.1. The number of benzene rings is 2. The van der Waals surface area contributed by atoms with Crippen molar-refractivity contribution < 1.29 is 63.0 Å². The van der Waals surface area contributed by atoms with Crippen LogP contribution in [0.1, 0.15) is 48.4 Å². The quantitative estimate of drug-likeness (QED) is 0.155. The third kappa shape index (κ3) is 5.11. The van der Waals surface area contributed by atoms with Gasteiger partial charge in [0.15, 0.2) is 52.3 Å². The fourth-order valence-electron chi connectivity index (χ4n) is 2.64. The molecule has 0 unspecified atom stereocenters. The SMILES string of the molecule is CC(C)(COC(C)(C)C(=O)c1c(F)c(F)c(F)c(F)c1F)OC(=O)c1c(F)c(F)c(F)c(F)c1F. The van der Waals surface area contributed by atoms with Gasteiger partial charge in [0.05, 0.1) is 12.2 Å². The lowest BCUT2D eigenvalue weighted by atomic mass is 9.94. The first-order valence-electron chi connectivity index (χ1n) is 9.30. The fraction of sp³-hybridized carbons (Fsp3) is 0.333. The highest BCUT2D eigenvalue weighted by Gasteiger charge is 2.40. The van der Waals surface area contributed by atoms with Crippen molar-refractivity contribution in [1.82, 2.24) is 0 Å². The molecule has 0 N–H and O–H groups in total. The Balaban J connectivity index is 2.28. The zero-order chi connectivity index (χ0) is 27.2. The van der Waals surface area contributed by atoms with Gasteiger partial charge in [-0.2, -0.15) is 0 Å². The van der Waals surface area contributed by atoms with E-state index in [1.54, 1.807) is 0 Å². The summed E-state index contributed by atoms with van der Waals surface area (Å²) in [5, 5.41) is 0. The summed E-state index contributed by atoms with van der Waals surface area (Å²) in [6, 6.07) is 0. The number of rotatable bonds is 7. The van der Waals surface area contributed by atoms with Crippen molar-refractivity contribution in [3.63, 3.8) is 0 Å². The highest BCUT2D eigenvalue weighted by atomic mass is 19.2. The summed E-state index contributed by atoms with van der Waals surface area (Å²) < 4.78 is 145. The van der Waals surface area contributed by atoms with Crippen molar-refractivity contribution in [3.8, 4) is 0 Å². The van der Waals surface area contributed by atoms with Gasteiger partial charge >= 0.3 is 5.97 Å². The summed E-state index contributed by atoms with van der Waals surface area (Å²) in [5.74, 6) is -28.2. The van der Waals surface area contributed by atoms with Gasteiger partial charge in [-0.3, -0.25) is 4.79 Å². The molecule has 35 heavy (non-hydrogen) atoms. The van der Waals surface area contributed by atoms with Gasteiger partial charge in [-0.05, 0) is 27.7 Å². The van der Waals surface area contributed by atoms with Gasteiger partial charge in [-0.1, -0.05) is 0 Å². The molecule has 4 nitrogen and oxygen atoms in total. The van der Waals surface area contributed by atoms with Crippen LogP contribution in [-0.2, 0) is 9.47 Å². The number of hydrogen-bond acceptors (Lipinski definition) is 4. The van der Waals surface area contributed by atoms with Gasteiger partial charge in [-0.15, -0.1) is 0 Å². The Morgan fingerprint density at radius 3 is 1.26 bits per heavy atom. The first-order valence-corrected chi connectivity index (χ1v) is 9.30. The number of halogens is 10. The predicted molar refractivity (Wildman–Crippen MR) is 96.3 cm³/mol. The molecule has 0 atom stereocenters. The van der Waals surface area contributed by atoms with Crippen molar-refractivity contribution >= 4 is 11.8 Å². The summed E-state index contributed by atoms with van der Waals surface area (Å²) in [7, 11) is 0. The van der Waals surface area contributed by atoms with Crippen LogP contribution < -0.4 is 0 Å². The number of esters is 1. The lowest BCUT2D eigenvalue weighted by Crippen LogP contribution is -2.43. The summed E-state index contributed by atoms with van der Waals surface area (Å²) >= 11 is 0. The Kier molecular flexibility index (Phi) is 7.60. The molecule has 0 aromatic heterocycles. The van der Waals surface area contributed by atoms with Gasteiger partial charge < -0.3 is 9.47 Å². The van der Waals surface area contributed by atoms with Crippen LogP contribution in [0.5, 0.6) is 0 Å². The third-order valence-electron chi connectivity index (χ3n) is 4.55. The summed E-state index contributed by atoms with van der Waals surface area (Å²) in [5.41, 5.74) is -8.05. The van der Waals surface area contributed by atoms with E-state index in [1.165, 1.54) is 0 Å². The van der Waals surface area contributed by atoms with Gasteiger partial charge in [-0.25, -0.2) is 48.7 Å². The molecular formula is C21H14F10O4. The Hall–Kier alpha value is -3.16. The first-order chi connectivity index (χ1) is 15.9. The third-order valence-corrected chi connectivity index (χ3v) is 4.55. The molecule has 2 aromatic carbocycles. The Morgan fingerprint density at radius 1 is 0.571 bits per heavy atom. The molecule has 0 spiro atoms. The maximum absolute atomic E-state index is 14.0. The van der Waals surface area contributed by atoms with Crippen molar-refractivity contribution in [3.05, 3.63) is 69.3 Å². The van der Waals surface area contributed by atoms with Crippen molar-refractivity contribution in [1.29, 1.82) is 0 Å². The molecule has 14 heteroatoms. The van der Waals surface area contributed by atoms with E-state index < -0.39 is 98.9 Å². The molecule has 0 amide bonds. The Morgan fingerprint density at radius 2 is 0.886 bits per heavy atom. The Labute approximate surface area is 190 Å². The monoisotopic (exact) mass is 520 g/mol. The van der Waals surface area contributed by atoms with Crippen LogP contribution in [0.3, 0.4) is 0 Å². The van der Waals surface area contributed by atoms with Crippen LogP contribution in [0.15, 0.2) is 0 Å². The molecule has 0 aliphatic carbocycles. The van der Waals surface area contributed by atoms with Gasteiger partial charge in [0, 0.05) is 0 Å². The first kappa shape index (κ1) is 28.1. The molecule has 2 rings (SSSR count). The largest absolute Gasteiger partial charge is 0.453 e. The second-order valence-electron chi connectivity index (χ2n) is 8.17. The number of carbonyl (C=O) groups is 2. The molecule has 2 aromatic rings. The van der Waals surface area contributed by atoms with E-state index in [0.29, 0.717) is 0 Å². The lowest BCUT2D eigenvalue weighted by Gasteiger charge is -2.31. The highest BCUT2D eigenvalue weighted by molar-refractivity contribution is 6.02. The van der Waals surface area contributed by atoms with Crippen molar-refractivity contribution in [2.24, 2.45) is 0 Å². The average molecular weight is 520 g/mol. The molecule has 0 heterocycles. The fourth-order valence-corrected chi connectivity index (χ4v) is 2.64. The normalized spacial score (nSPS) is 12.2. The van der Waals surface area contributed by atoms with Crippen LogP contribution in [0.2, 0.25) is 0 Å². The minimum atomic E-state index is -2.52. The summed E-state index contributed by atoms with van der Waals surface area (Å²) in [6.07, 6.45) is 0. The number of ketones is 1. The smallest absolute Gasteiger partial charge is 0.344 e. The second kappa shape index (κ2) is 9.47. The van der Waals surface area contributed by atoms with Crippen molar-refractivity contribution in [2.75, 3.05) is 6.61 Å². The van der Waals surface area contributed by atoms with Crippen molar-refractivity contribution in [2.45, 2.75) is 38.9 Å². The lowest BCUT2D eigenvalue weighted by molar-refractivity contribution is -0.0850. The molecule has 0 aliphatic heterocycles. The molecule has 0 fully saturated rings. The number of hydrogen-bond donors (Lipinski definition) is 0. The van der Waals surface area contributed by atoms with Gasteiger partial charge in [0.25, 0.3) is 0 Å². The second-order valence-corrected chi connectivity index (χ2v) is 8.17. The molecule has 0 saturated heterocycles. The molecule has 192 valence electrons. The maximum Gasteiger partial charge on any atom is 0.344 e. The standard InChI is InChI=1S/C21H14F10O4/c1-20(2,35-19(33)7-10(24)14(28)17(31)15(29)11(7)25)5-34-21(3,4)18(32)6-8(22)12(26)16(30)13(27)9(6)23/h5H2,1-4H3. The van der Waals surface area contributed by atoms with E-state index in [9.17, 15) is 53.5 Å². The molecule has 0 radical (unpaired) electrons. The minimum absolute atomic E-state index is 0.856. The van der Waals surface area contributed by atoms with Crippen LogP contribution >= 0.6 is 0 Å². The minimum Gasteiger partial charge on any atom is -0.453 e. The van der Waals surface area contributed by atoms with Gasteiger partial charge in [0.1, 0.15) is 16.8 Å². The van der Waals surface area contributed by atoms with E-state index in [0.717, 1.165) is 27.7 Å². The predicted octanol–water partition coefficient (Wildman–Crippen LogP) is 5.69. The van der Waals surface area contributed by atoms with Crippen LogP contribution in [0.25, 0.3) is 0 Å².